The van der Waals surface area contributed by atoms with Crippen LogP contribution in [0.1, 0.15) is 25.5 Å². The minimum Gasteiger partial charge on any atom is -0.488 e. The van der Waals surface area contributed by atoms with Crippen LogP contribution in [0.5, 0.6) is 5.75 Å². The molecular weight excluding hydrogens is 210 g/mol. The quantitative estimate of drug-likeness (QED) is 0.798. The summed E-state index contributed by atoms with van der Waals surface area (Å²) in [5.74, 6) is 0.670. The second-order valence-electron chi connectivity index (χ2n) is 3.72. The first kappa shape index (κ1) is 12.1. The third-order valence-corrected chi connectivity index (χ3v) is 2.25. The van der Waals surface area contributed by atoms with E-state index in [1.807, 2.05) is 32.0 Å². The Morgan fingerprint density at radius 3 is 2.73 bits per heavy atom. The Bertz CT molecular complexity index is 361. The van der Waals surface area contributed by atoms with Crippen molar-refractivity contribution in [3.05, 3.63) is 40.9 Å². The molecule has 0 aliphatic heterocycles. The van der Waals surface area contributed by atoms with E-state index >= 15 is 0 Å². The molecule has 0 heterocycles. The van der Waals surface area contributed by atoms with Gasteiger partial charge >= 0.3 is 0 Å². The molecule has 1 aromatic carbocycles. The molecule has 1 atom stereocenters. The molecule has 1 aromatic rings. The highest BCUT2D eigenvalue weighted by molar-refractivity contribution is 6.32. The lowest BCUT2D eigenvalue weighted by atomic mass is 10.1. The third-order valence-electron chi connectivity index (χ3n) is 1.96. The Labute approximate surface area is 95.7 Å². The van der Waals surface area contributed by atoms with Crippen molar-refractivity contribution in [3.8, 4) is 5.75 Å². The minimum atomic E-state index is -0.0160. The van der Waals surface area contributed by atoms with Crippen molar-refractivity contribution in [3.63, 3.8) is 0 Å². The van der Waals surface area contributed by atoms with Gasteiger partial charge in [0.1, 0.15) is 12.4 Å². The summed E-state index contributed by atoms with van der Waals surface area (Å²) in [5.41, 5.74) is 7.70. The molecule has 0 amide bonds. The molecule has 2 nitrogen and oxygen atoms in total. The van der Waals surface area contributed by atoms with Gasteiger partial charge in [-0.2, -0.15) is 0 Å². The van der Waals surface area contributed by atoms with Crippen molar-refractivity contribution in [1.82, 2.24) is 0 Å². The van der Waals surface area contributed by atoms with Gasteiger partial charge in [0.05, 0.1) is 5.02 Å². The first-order chi connectivity index (χ1) is 7.00. The van der Waals surface area contributed by atoms with Crippen LogP contribution in [-0.2, 0) is 0 Å². The number of nitrogens with two attached hydrogens (primary N) is 1. The Balaban J connectivity index is 2.79. The lowest BCUT2D eigenvalue weighted by Crippen LogP contribution is -2.05. The number of benzene rings is 1. The van der Waals surface area contributed by atoms with E-state index in [0.29, 0.717) is 17.4 Å². The van der Waals surface area contributed by atoms with Crippen LogP contribution in [-0.4, -0.2) is 6.61 Å². The largest absolute Gasteiger partial charge is 0.488 e. The molecule has 0 fully saturated rings. The summed E-state index contributed by atoms with van der Waals surface area (Å²) in [7, 11) is 0. The van der Waals surface area contributed by atoms with Crippen molar-refractivity contribution in [2.45, 2.75) is 19.9 Å². The first-order valence-corrected chi connectivity index (χ1v) is 5.20. The maximum Gasteiger partial charge on any atom is 0.138 e. The molecule has 1 rings (SSSR count). The van der Waals surface area contributed by atoms with Crippen molar-refractivity contribution in [1.29, 1.82) is 0 Å². The maximum absolute atomic E-state index is 6.05. The van der Waals surface area contributed by atoms with Gasteiger partial charge in [-0.15, -0.1) is 0 Å². The molecule has 2 N–H and O–H groups in total. The number of rotatable bonds is 4. The lowest BCUT2D eigenvalue weighted by molar-refractivity contribution is 0.353. The zero-order valence-corrected chi connectivity index (χ0v) is 9.84. The molecule has 0 unspecified atom stereocenters. The van der Waals surface area contributed by atoms with Gasteiger partial charge in [-0.1, -0.05) is 24.2 Å². The summed E-state index contributed by atoms with van der Waals surface area (Å²) in [5, 5.41) is 0.589. The average Bonchev–Trinajstić information content (AvgIpc) is 2.15. The molecule has 0 spiro atoms. The van der Waals surface area contributed by atoms with E-state index < -0.39 is 0 Å². The standard InChI is InChI=1S/C12H16ClNO/c1-8(2)7-15-12-5-4-10(9(3)14)6-11(12)13/h4-6,9H,1,7,14H2,2-3H3/t9-/m0/s1. The van der Waals surface area contributed by atoms with Gasteiger partial charge in [0.25, 0.3) is 0 Å². The molecule has 82 valence electrons. The summed E-state index contributed by atoms with van der Waals surface area (Å²) >= 11 is 6.05. The molecule has 0 saturated carbocycles. The van der Waals surface area contributed by atoms with Crippen LogP contribution in [0.15, 0.2) is 30.4 Å². The van der Waals surface area contributed by atoms with Gasteiger partial charge in [-0.05, 0) is 37.1 Å². The smallest absolute Gasteiger partial charge is 0.138 e. The van der Waals surface area contributed by atoms with E-state index in [4.69, 9.17) is 22.1 Å². The SMILES string of the molecule is C=C(C)COc1ccc([C@H](C)N)cc1Cl. The number of halogens is 1. The van der Waals surface area contributed by atoms with E-state index in [9.17, 15) is 0 Å². The average molecular weight is 226 g/mol. The summed E-state index contributed by atoms with van der Waals surface area (Å²) in [4.78, 5) is 0. The fraction of sp³-hybridized carbons (Fsp3) is 0.333. The topological polar surface area (TPSA) is 35.2 Å². The van der Waals surface area contributed by atoms with Crippen LogP contribution in [0.4, 0.5) is 0 Å². The predicted octanol–water partition coefficient (Wildman–Crippen LogP) is 3.31. The molecule has 0 radical (unpaired) electrons. The van der Waals surface area contributed by atoms with Gasteiger partial charge < -0.3 is 10.5 Å². The van der Waals surface area contributed by atoms with Gasteiger partial charge in [-0.25, -0.2) is 0 Å². The zero-order chi connectivity index (χ0) is 11.4. The van der Waals surface area contributed by atoms with Crippen LogP contribution in [0, 0.1) is 0 Å². The van der Waals surface area contributed by atoms with Crippen molar-refractivity contribution in [2.75, 3.05) is 6.61 Å². The molecule has 3 heteroatoms. The van der Waals surface area contributed by atoms with Crippen molar-refractivity contribution >= 4 is 11.6 Å². The van der Waals surface area contributed by atoms with Crippen LogP contribution >= 0.6 is 11.6 Å². The number of hydrogen-bond donors (Lipinski definition) is 1. The van der Waals surface area contributed by atoms with Gasteiger partial charge in [0.15, 0.2) is 0 Å². The van der Waals surface area contributed by atoms with Gasteiger partial charge in [-0.3, -0.25) is 0 Å². The summed E-state index contributed by atoms with van der Waals surface area (Å²) in [6.45, 7) is 8.06. The van der Waals surface area contributed by atoms with E-state index in [1.165, 1.54) is 0 Å². The summed E-state index contributed by atoms with van der Waals surface area (Å²) < 4.78 is 5.46. The Morgan fingerprint density at radius 2 is 2.27 bits per heavy atom. The van der Waals surface area contributed by atoms with E-state index in [0.717, 1.165) is 11.1 Å². The highest BCUT2D eigenvalue weighted by Crippen LogP contribution is 2.27. The molecule has 0 aromatic heterocycles. The third kappa shape index (κ3) is 3.57. The maximum atomic E-state index is 6.05. The van der Waals surface area contributed by atoms with Crippen LogP contribution in [0.25, 0.3) is 0 Å². The minimum absolute atomic E-state index is 0.0160. The summed E-state index contributed by atoms with van der Waals surface area (Å²) in [6, 6.07) is 5.58. The first-order valence-electron chi connectivity index (χ1n) is 4.83. The second-order valence-corrected chi connectivity index (χ2v) is 4.13. The monoisotopic (exact) mass is 225 g/mol. The molecule has 0 bridgehead atoms. The Kier molecular flexibility index (Phi) is 4.18. The lowest BCUT2D eigenvalue weighted by Gasteiger charge is -2.11. The Hall–Kier alpha value is -0.990. The second kappa shape index (κ2) is 5.19. The normalized spacial score (nSPS) is 12.3. The number of hydrogen-bond acceptors (Lipinski definition) is 2. The fourth-order valence-electron chi connectivity index (χ4n) is 1.12. The molecule has 0 saturated heterocycles. The van der Waals surface area contributed by atoms with E-state index in [-0.39, 0.29) is 6.04 Å². The molecule has 0 aliphatic rings. The molecule has 0 aliphatic carbocycles. The van der Waals surface area contributed by atoms with Gasteiger partial charge in [0, 0.05) is 6.04 Å². The number of ether oxygens (including phenoxy) is 1. The summed E-state index contributed by atoms with van der Waals surface area (Å²) in [6.07, 6.45) is 0. The van der Waals surface area contributed by atoms with E-state index in [2.05, 4.69) is 6.58 Å². The zero-order valence-electron chi connectivity index (χ0n) is 9.09. The van der Waals surface area contributed by atoms with Crippen molar-refractivity contribution in [2.24, 2.45) is 5.73 Å². The Morgan fingerprint density at radius 1 is 1.60 bits per heavy atom. The van der Waals surface area contributed by atoms with Crippen LogP contribution < -0.4 is 10.5 Å². The van der Waals surface area contributed by atoms with Gasteiger partial charge in [0.2, 0.25) is 0 Å². The van der Waals surface area contributed by atoms with Crippen LogP contribution in [0.3, 0.4) is 0 Å². The van der Waals surface area contributed by atoms with Crippen molar-refractivity contribution < 1.29 is 4.74 Å². The predicted molar refractivity (Wildman–Crippen MR) is 64.4 cm³/mol. The highest BCUT2D eigenvalue weighted by Gasteiger charge is 2.05. The van der Waals surface area contributed by atoms with Crippen LogP contribution in [0.2, 0.25) is 5.02 Å². The molecule has 15 heavy (non-hydrogen) atoms. The highest BCUT2D eigenvalue weighted by atomic mass is 35.5. The molecular formula is C12H16ClNO. The van der Waals surface area contributed by atoms with E-state index in [1.54, 1.807) is 0 Å². The fourth-order valence-corrected chi connectivity index (χ4v) is 1.36.